The predicted molar refractivity (Wildman–Crippen MR) is 237 cm³/mol. The molecule has 1 heteroatoms. The van der Waals surface area contributed by atoms with E-state index in [-0.39, 0.29) is 16.2 Å². The molecule has 7 aromatic carbocycles. The van der Waals surface area contributed by atoms with E-state index in [4.69, 9.17) is 0 Å². The molecule has 0 N–H and O–H groups in total. The molecule has 276 valence electrons. The maximum absolute atomic E-state index is 2.54. The Bertz CT molecular complexity index is 2680. The zero-order chi connectivity index (χ0) is 38.9. The van der Waals surface area contributed by atoms with Gasteiger partial charge in [0, 0.05) is 22.5 Å². The average molecular weight is 726 g/mol. The minimum absolute atomic E-state index is 0.00755. The Morgan fingerprint density at radius 1 is 0.375 bits per heavy atom. The maximum Gasteiger partial charge on any atom is 0.0726 e. The van der Waals surface area contributed by atoms with Crippen LogP contribution in [0, 0.1) is 6.92 Å². The second kappa shape index (κ2) is 11.7. The summed E-state index contributed by atoms with van der Waals surface area (Å²) in [6, 6.07) is 56.3. The second-order valence-electron chi connectivity index (χ2n) is 19.1. The van der Waals surface area contributed by atoms with E-state index in [0.717, 1.165) is 5.69 Å². The highest BCUT2D eigenvalue weighted by atomic mass is 15.1. The van der Waals surface area contributed by atoms with Gasteiger partial charge in [0.2, 0.25) is 0 Å². The van der Waals surface area contributed by atoms with Gasteiger partial charge in [0.15, 0.2) is 0 Å². The molecule has 0 amide bonds. The standard InChI is InChI=1S/C55H51N/c1-34-18-22-37(23-19-34)56(38-24-28-42-40-14-10-12-16-46(40)54(8,9)48(42)32-38)39-25-29-45-41-15-11-13-17-47(41)55(51(45)33-39)49-30-35(52(2,3)4)20-26-43(49)44-27-21-36(31-50(44)55)53(5,6)7/h10-33H,1-9H3. The zero-order valence-corrected chi connectivity index (χ0v) is 34.3. The van der Waals surface area contributed by atoms with E-state index in [1.807, 2.05) is 0 Å². The summed E-state index contributed by atoms with van der Waals surface area (Å²) < 4.78 is 0. The molecule has 0 unspecified atom stereocenters. The molecule has 3 aliphatic carbocycles. The van der Waals surface area contributed by atoms with Crippen molar-refractivity contribution in [3.8, 4) is 33.4 Å². The SMILES string of the molecule is Cc1ccc(N(c2ccc3c(c2)C(C)(C)c2ccccc2-3)c2ccc3c(c2)C2(c4ccccc4-3)c3cc(C(C)(C)C)ccc3-c3ccc(C(C)(C)C)cc32)cc1. The van der Waals surface area contributed by atoms with Crippen molar-refractivity contribution >= 4 is 17.1 Å². The predicted octanol–water partition coefficient (Wildman–Crippen LogP) is 14.7. The van der Waals surface area contributed by atoms with E-state index in [9.17, 15) is 0 Å². The van der Waals surface area contributed by atoms with Crippen LogP contribution in [0.25, 0.3) is 33.4 Å². The van der Waals surface area contributed by atoms with Gasteiger partial charge in [-0.1, -0.05) is 170 Å². The fourth-order valence-corrected chi connectivity index (χ4v) is 10.2. The molecule has 0 radical (unpaired) electrons. The smallest absolute Gasteiger partial charge is 0.0726 e. The lowest BCUT2D eigenvalue weighted by molar-refractivity contribution is 0.586. The normalized spacial score (nSPS) is 15.2. The Labute approximate surface area is 333 Å². The van der Waals surface area contributed by atoms with Crippen LogP contribution in [0.1, 0.15) is 105 Å². The fourth-order valence-electron chi connectivity index (χ4n) is 10.2. The Morgan fingerprint density at radius 2 is 0.768 bits per heavy atom. The third-order valence-corrected chi connectivity index (χ3v) is 13.3. The van der Waals surface area contributed by atoms with Crippen LogP contribution in [0.5, 0.6) is 0 Å². The van der Waals surface area contributed by atoms with E-state index < -0.39 is 5.41 Å². The van der Waals surface area contributed by atoms with Crippen molar-refractivity contribution in [1.29, 1.82) is 0 Å². The first-order chi connectivity index (χ1) is 26.7. The fraction of sp³-hybridized carbons (Fsp3) is 0.236. The van der Waals surface area contributed by atoms with E-state index in [0.29, 0.717) is 0 Å². The van der Waals surface area contributed by atoms with Gasteiger partial charge in [-0.25, -0.2) is 0 Å². The largest absolute Gasteiger partial charge is 0.310 e. The van der Waals surface area contributed by atoms with E-state index in [1.54, 1.807) is 0 Å². The van der Waals surface area contributed by atoms with Crippen LogP contribution in [-0.2, 0) is 21.7 Å². The van der Waals surface area contributed by atoms with Gasteiger partial charge in [0.1, 0.15) is 0 Å². The Kier molecular flexibility index (Phi) is 7.26. The molecule has 0 saturated heterocycles. The highest BCUT2D eigenvalue weighted by molar-refractivity contribution is 5.97. The van der Waals surface area contributed by atoms with Crippen molar-refractivity contribution in [2.24, 2.45) is 0 Å². The average Bonchev–Trinajstić information content (AvgIpc) is 3.73. The third-order valence-electron chi connectivity index (χ3n) is 13.3. The summed E-state index contributed by atoms with van der Waals surface area (Å²) in [6.45, 7) is 21.0. The molecule has 10 rings (SSSR count). The summed E-state index contributed by atoms with van der Waals surface area (Å²) in [6.07, 6.45) is 0. The molecule has 0 fully saturated rings. The number of nitrogens with zero attached hydrogens (tertiary/aromatic N) is 1. The monoisotopic (exact) mass is 725 g/mol. The van der Waals surface area contributed by atoms with Crippen molar-refractivity contribution in [1.82, 2.24) is 0 Å². The summed E-state index contributed by atoms with van der Waals surface area (Å²) in [4.78, 5) is 2.49. The molecular formula is C55H51N. The number of fused-ring (bicyclic) bond motifs is 13. The molecule has 0 aromatic heterocycles. The van der Waals surface area contributed by atoms with Gasteiger partial charge in [-0.3, -0.25) is 0 Å². The van der Waals surface area contributed by atoms with Gasteiger partial charge >= 0.3 is 0 Å². The van der Waals surface area contributed by atoms with E-state index in [1.165, 1.54) is 94.8 Å². The number of rotatable bonds is 3. The molecule has 1 nitrogen and oxygen atoms in total. The summed E-state index contributed by atoms with van der Waals surface area (Å²) in [5.41, 5.74) is 23.3. The van der Waals surface area contributed by atoms with Crippen molar-refractivity contribution in [2.45, 2.75) is 84.0 Å². The molecule has 3 aliphatic rings. The molecule has 0 heterocycles. The van der Waals surface area contributed by atoms with E-state index >= 15 is 0 Å². The van der Waals surface area contributed by atoms with Crippen LogP contribution in [-0.4, -0.2) is 0 Å². The van der Waals surface area contributed by atoms with Gasteiger partial charge < -0.3 is 4.90 Å². The summed E-state index contributed by atoms with van der Waals surface area (Å²) in [5.74, 6) is 0. The molecule has 56 heavy (non-hydrogen) atoms. The van der Waals surface area contributed by atoms with Crippen molar-refractivity contribution in [3.63, 3.8) is 0 Å². The molecular weight excluding hydrogens is 675 g/mol. The van der Waals surface area contributed by atoms with Crippen molar-refractivity contribution in [3.05, 3.63) is 196 Å². The Balaban J connectivity index is 1.26. The van der Waals surface area contributed by atoms with Gasteiger partial charge in [-0.05, 0) is 132 Å². The Morgan fingerprint density at radius 3 is 1.30 bits per heavy atom. The Hall–Kier alpha value is -5.66. The highest BCUT2D eigenvalue weighted by Crippen LogP contribution is 2.64. The topological polar surface area (TPSA) is 3.24 Å². The number of anilines is 3. The first-order valence-electron chi connectivity index (χ1n) is 20.3. The van der Waals surface area contributed by atoms with Gasteiger partial charge in [-0.2, -0.15) is 0 Å². The lowest BCUT2D eigenvalue weighted by Crippen LogP contribution is -2.27. The zero-order valence-electron chi connectivity index (χ0n) is 34.3. The van der Waals surface area contributed by atoms with Gasteiger partial charge in [0.05, 0.1) is 5.41 Å². The molecule has 1 spiro atoms. The van der Waals surface area contributed by atoms with Gasteiger partial charge in [0.25, 0.3) is 0 Å². The van der Waals surface area contributed by atoms with Crippen LogP contribution in [0.3, 0.4) is 0 Å². The van der Waals surface area contributed by atoms with Crippen LogP contribution < -0.4 is 4.90 Å². The van der Waals surface area contributed by atoms with Crippen molar-refractivity contribution < 1.29 is 0 Å². The third kappa shape index (κ3) is 4.79. The highest BCUT2D eigenvalue weighted by Gasteiger charge is 2.52. The first kappa shape index (κ1) is 34.8. The van der Waals surface area contributed by atoms with Gasteiger partial charge in [-0.15, -0.1) is 0 Å². The number of hydrogen-bond donors (Lipinski definition) is 0. The first-order valence-corrected chi connectivity index (χ1v) is 20.3. The lowest BCUT2D eigenvalue weighted by atomic mass is 9.68. The lowest BCUT2D eigenvalue weighted by Gasteiger charge is -2.34. The summed E-state index contributed by atoms with van der Waals surface area (Å²) in [7, 11) is 0. The second-order valence-corrected chi connectivity index (χ2v) is 19.1. The van der Waals surface area contributed by atoms with Crippen LogP contribution in [0.4, 0.5) is 17.1 Å². The minimum Gasteiger partial charge on any atom is -0.310 e. The summed E-state index contributed by atoms with van der Waals surface area (Å²) in [5, 5.41) is 0. The van der Waals surface area contributed by atoms with Crippen LogP contribution in [0.15, 0.2) is 146 Å². The van der Waals surface area contributed by atoms with E-state index in [2.05, 4.69) is 213 Å². The number of aryl methyl sites for hydroxylation is 1. The molecule has 0 bridgehead atoms. The summed E-state index contributed by atoms with van der Waals surface area (Å²) >= 11 is 0. The van der Waals surface area contributed by atoms with Crippen LogP contribution in [0.2, 0.25) is 0 Å². The molecule has 7 aromatic rings. The number of benzene rings is 7. The minimum atomic E-state index is -0.463. The molecule has 0 atom stereocenters. The van der Waals surface area contributed by atoms with Crippen LogP contribution >= 0.6 is 0 Å². The molecule has 0 aliphatic heterocycles. The van der Waals surface area contributed by atoms with Crippen molar-refractivity contribution in [2.75, 3.05) is 4.90 Å². The molecule has 0 saturated carbocycles. The quantitative estimate of drug-likeness (QED) is 0.175. The maximum atomic E-state index is 2.54. The number of hydrogen-bond acceptors (Lipinski definition) is 1.